The van der Waals surface area contributed by atoms with Crippen molar-refractivity contribution in [3.63, 3.8) is 0 Å². The molecule has 94 valence electrons. The Morgan fingerprint density at radius 2 is 2.29 bits per heavy atom. The highest BCUT2D eigenvalue weighted by Gasteiger charge is 2.07. The Balaban J connectivity index is 2.28. The van der Waals surface area contributed by atoms with Gasteiger partial charge in [-0.05, 0) is 18.2 Å². The van der Waals surface area contributed by atoms with Crippen molar-refractivity contribution < 1.29 is 14.6 Å². The van der Waals surface area contributed by atoms with Crippen LogP contribution in [0, 0.1) is 0 Å². The predicted octanol–water partition coefficient (Wildman–Crippen LogP) is 1.43. The van der Waals surface area contributed by atoms with Gasteiger partial charge in [-0.1, -0.05) is 17.7 Å². The zero-order valence-corrected chi connectivity index (χ0v) is 10.5. The fourth-order valence-electron chi connectivity index (χ4n) is 1.09. The van der Waals surface area contributed by atoms with Crippen molar-refractivity contribution in [3.8, 4) is 5.75 Å². The number of carbonyl (C=O) groups is 1. The number of alkyl halides is 1. The third-order valence-electron chi connectivity index (χ3n) is 1.89. The summed E-state index contributed by atoms with van der Waals surface area (Å²) in [6.45, 7) is 0.176. The number of carbonyl (C=O) groups excluding carboxylic acids is 1. The molecule has 17 heavy (non-hydrogen) atoms. The van der Waals surface area contributed by atoms with E-state index in [1.807, 2.05) is 0 Å². The maximum absolute atomic E-state index is 10.8. The average molecular weight is 278 g/mol. The summed E-state index contributed by atoms with van der Waals surface area (Å²) in [4.78, 5) is 10.8. The van der Waals surface area contributed by atoms with E-state index in [0.29, 0.717) is 10.8 Å². The van der Waals surface area contributed by atoms with E-state index in [4.69, 9.17) is 27.9 Å². The largest absolute Gasteiger partial charge is 0.491 e. The molecule has 0 saturated carbocycles. The van der Waals surface area contributed by atoms with Crippen molar-refractivity contribution in [1.82, 2.24) is 5.32 Å². The van der Waals surface area contributed by atoms with Gasteiger partial charge in [0.05, 0.1) is 0 Å². The summed E-state index contributed by atoms with van der Waals surface area (Å²) in [6, 6.07) is 6.85. The summed E-state index contributed by atoms with van der Waals surface area (Å²) in [5.41, 5.74) is 0. The Morgan fingerprint density at radius 1 is 1.53 bits per heavy atom. The summed E-state index contributed by atoms with van der Waals surface area (Å²) >= 11 is 11.1. The number of benzene rings is 1. The molecular weight excluding hydrogens is 265 g/mol. The Labute approximate surface area is 109 Å². The smallest absolute Gasteiger partial charge is 0.235 e. The summed E-state index contributed by atoms with van der Waals surface area (Å²) in [7, 11) is 0. The van der Waals surface area contributed by atoms with Crippen LogP contribution in [0.3, 0.4) is 0 Å². The number of aliphatic hydroxyl groups is 1. The van der Waals surface area contributed by atoms with Crippen molar-refractivity contribution in [1.29, 1.82) is 0 Å². The highest BCUT2D eigenvalue weighted by atomic mass is 35.5. The number of hydrogen-bond acceptors (Lipinski definition) is 3. The van der Waals surface area contributed by atoms with Crippen LogP contribution in [-0.4, -0.2) is 36.1 Å². The number of hydrogen-bond donors (Lipinski definition) is 2. The van der Waals surface area contributed by atoms with Gasteiger partial charge in [0.25, 0.3) is 0 Å². The second-order valence-corrected chi connectivity index (χ2v) is 4.06. The fourth-order valence-corrected chi connectivity index (χ4v) is 1.36. The lowest BCUT2D eigenvalue weighted by atomic mass is 10.3. The molecular formula is C11H13Cl2NO3. The maximum atomic E-state index is 10.8. The van der Waals surface area contributed by atoms with Gasteiger partial charge < -0.3 is 15.2 Å². The minimum atomic E-state index is -0.791. The first-order valence-corrected chi connectivity index (χ1v) is 5.92. The highest BCUT2D eigenvalue weighted by Crippen LogP contribution is 2.17. The summed E-state index contributed by atoms with van der Waals surface area (Å²) < 4.78 is 5.30. The first-order valence-electron chi connectivity index (χ1n) is 5.01. The molecule has 1 unspecified atom stereocenters. The van der Waals surface area contributed by atoms with Gasteiger partial charge in [-0.3, -0.25) is 4.79 Å². The van der Waals surface area contributed by atoms with Crippen LogP contribution in [0.4, 0.5) is 0 Å². The van der Waals surface area contributed by atoms with Gasteiger partial charge in [-0.2, -0.15) is 0 Å². The van der Waals surface area contributed by atoms with Crippen LogP contribution in [0.2, 0.25) is 5.02 Å². The predicted molar refractivity (Wildman–Crippen MR) is 66.7 cm³/mol. The Kier molecular flexibility index (Phi) is 6.11. The van der Waals surface area contributed by atoms with Crippen molar-refractivity contribution in [2.75, 3.05) is 19.0 Å². The number of nitrogens with one attached hydrogen (secondary N) is 1. The van der Waals surface area contributed by atoms with E-state index in [1.165, 1.54) is 0 Å². The third kappa shape index (κ3) is 5.77. The zero-order chi connectivity index (χ0) is 12.7. The second kappa shape index (κ2) is 7.37. The van der Waals surface area contributed by atoms with Crippen LogP contribution in [0.1, 0.15) is 0 Å². The van der Waals surface area contributed by atoms with Crippen molar-refractivity contribution >= 4 is 29.1 Å². The van der Waals surface area contributed by atoms with Crippen LogP contribution >= 0.6 is 23.2 Å². The highest BCUT2D eigenvalue weighted by molar-refractivity contribution is 6.30. The number of amides is 1. The van der Waals surface area contributed by atoms with Crippen LogP contribution in [0.25, 0.3) is 0 Å². The van der Waals surface area contributed by atoms with Gasteiger partial charge >= 0.3 is 0 Å². The molecule has 4 nitrogen and oxygen atoms in total. The van der Waals surface area contributed by atoms with E-state index in [9.17, 15) is 9.90 Å². The van der Waals surface area contributed by atoms with Crippen LogP contribution < -0.4 is 10.1 Å². The Morgan fingerprint density at radius 3 is 2.94 bits per heavy atom. The topological polar surface area (TPSA) is 58.6 Å². The third-order valence-corrected chi connectivity index (χ3v) is 2.37. The first-order chi connectivity index (χ1) is 8.11. The normalized spacial score (nSPS) is 11.9. The molecule has 1 aromatic carbocycles. The molecule has 0 aliphatic heterocycles. The molecule has 0 aliphatic carbocycles. The maximum Gasteiger partial charge on any atom is 0.235 e. The van der Waals surface area contributed by atoms with Crippen molar-refractivity contribution in [3.05, 3.63) is 29.3 Å². The Hall–Kier alpha value is -0.970. The quantitative estimate of drug-likeness (QED) is 0.774. The SMILES string of the molecule is O=C(CCl)NCC(O)COc1cccc(Cl)c1. The molecule has 0 spiro atoms. The Bertz CT molecular complexity index is 373. The molecule has 6 heteroatoms. The fraction of sp³-hybridized carbons (Fsp3) is 0.364. The number of halogens is 2. The molecule has 0 saturated heterocycles. The zero-order valence-electron chi connectivity index (χ0n) is 9.03. The molecule has 1 atom stereocenters. The molecule has 1 amide bonds. The number of aliphatic hydroxyl groups excluding tert-OH is 1. The molecule has 0 heterocycles. The van der Waals surface area contributed by atoms with Gasteiger partial charge in [0.2, 0.25) is 5.91 Å². The van der Waals surface area contributed by atoms with Crippen molar-refractivity contribution in [2.24, 2.45) is 0 Å². The summed E-state index contributed by atoms with van der Waals surface area (Å²) in [5, 5.41) is 12.5. The lowest BCUT2D eigenvalue weighted by Crippen LogP contribution is -2.35. The average Bonchev–Trinajstić information content (AvgIpc) is 2.33. The molecule has 2 N–H and O–H groups in total. The summed E-state index contributed by atoms with van der Waals surface area (Å²) in [5.74, 6) is 0.121. The lowest BCUT2D eigenvalue weighted by Gasteiger charge is -2.12. The van der Waals surface area contributed by atoms with Gasteiger partial charge in [-0.15, -0.1) is 11.6 Å². The minimum Gasteiger partial charge on any atom is -0.491 e. The number of ether oxygens (including phenoxy) is 1. The van der Waals surface area contributed by atoms with E-state index < -0.39 is 6.10 Å². The van der Waals surface area contributed by atoms with Gasteiger partial charge in [0.1, 0.15) is 24.3 Å². The minimum absolute atomic E-state index is 0.0723. The van der Waals surface area contributed by atoms with Gasteiger partial charge in [0, 0.05) is 11.6 Å². The molecule has 0 aliphatic rings. The molecule has 0 radical (unpaired) electrons. The summed E-state index contributed by atoms with van der Waals surface area (Å²) in [6.07, 6.45) is -0.791. The number of rotatable bonds is 6. The van der Waals surface area contributed by atoms with E-state index >= 15 is 0 Å². The first kappa shape index (κ1) is 14.1. The standard InChI is InChI=1S/C11H13Cl2NO3/c12-5-11(16)14-6-9(15)7-17-10-3-1-2-8(13)4-10/h1-4,9,15H,5-7H2,(H,14,16). The van der Waals surface area contributed by atoms with E-state index in [2.05, 4.69) is 5.32 Å². The monoisotopic (exact) mass is 277 g/mol. The van der Waals surface area contributed by atoms with Crippen LogP contribution in [0.15, 0.2) is 24.3 Å². The molecule has 0 bridgehead atoms. The van der Waals surface area contributed by atoms with Crippen LogP contribution in [-0.2, 0) is 4.79 Å². The molecule has 1 rings (SSSR count). The van der Waals surface area contributed by atoms with E-state index in [1.54, 1.807) is 24.3 Å². The molecule has 1 aromatic rings. The van der Waals surface area contributed by atoms with Crippen molar-refractivity contribution in [2.45, 2.75) is 6.10 Å². The van der Waals surface area contributed by atoms with E-state index in [0.717, 1.165) is 0 Å². The lowest BCUT2D eigenvalue weighted by molar-refractivity contribution is -0.119. The van der Waals surface area contributed by atoms with E-state index in [-0.39, 0.29) is 24.9 Å². The van der Waals surface area contributed by atoms with Crippen LogP contribution in [0.5, 0.6) is 5.75 Å². The second-order valence-electron chi connectivity index (χ2n) is 3.36. The van der Waals surface area contributed by atoms with Gasteiger partial charge in [0.15, 0.2) is 0 Å². The molecule has 0 fully saturated rings. The molecule has 0 aromatic heterocycles. The van der Waals surface area contributed by atoms with Gasteiger partial charge in [-0.25, -0.2) is 0 Å².